The summed E-state index contributed by atoms with van der Waals surface area (Å²) in [5.41, 5.74) is 7.52. The van der Waals surface area contributed by atoms with E-state index in [-0.39, 0.29) is 36.5 Å². The molecule has 0 saturated carbocycles. The number of ether oxygens (including phenoxy) is 1. The van der Waals surface area contributed by atoms with E-state index >= 15 is 0 Å². The predicted octanol–water partition coefficient (Wildman–Crippen LogP) is 1.98. The Balaban J connectivity index is 1.40. The highest BCUT2D eigenvalue weighted by molar-refractivity contribution is 5.96. The molecule has 3 N–H and O–H groups in total. The number of carbonyl (C=O) groups excluding carboxylic acids is 3. The van der Waals surface area contributed by atoms with Crippen LogP contribution in [0.15, 0.2) is 48.5 Å². The number of anilines is 1. The smallest absolute Gasteiger partial charge is 0.242 e. The summed E-state index contributed by atoms with van der Waals surface area (Å²) < 4.78 is 5.07. The average molecular weight is 381 g/mol. The minimum atomic E-state index is -0.324. The first-order valence-corrected chi connectivity index (χ1v) is 9.14. The minimum absolute atomic E-state index is 0.0740. The van der Waals surface area contributed by atoms with Gasteiger partial charge < -0.3 is 10.1 Å². The van der Waals surface area contributed by atoms with Crippen molar-refractivity contribution in [2.45, 2.75) is 25.7 Å². The van der Waals surface area contributed by atoms with Gasteiger partial charge in [0, 0.05) is 18.0 Å². The molecule has 1 heterocycles. The Morgan fingerprint density at radius 3 is 2.54 bits per heavy atom. The van der Waals surface area contributed by atoms with Crippen molar-refractivity contribution in [2.75, 3.05) is 12.4 Å². The van der Waals surface area contributed by atoms with Crippen molar-refractivity contribution in [3.8, 4) is 5.75 Å². The maximum absolute atomic E-state index is 12.2. The van der Waals surface area contributed by atoms with Gasteiger partial charge in [-0.3, -0.25) is 25.2 Å². The standard InChI is InChI=1S/C21H23N3O4/c1-28-17-9-6-14(7-10-17)12-20(26)24-23-19(25)11-8-16-13-15-4-2-3-5-18(15)22-21(16)27/h2-7,9-10,16H,8,11-13H2,1H3,(H,22,27)(H,23,25)(H,24,26). The first kappa shape index (κ1) is 19.4. The average Bonchev–Trinajstić information content (AvgIpc) is 2.71. The van der Waals surface area contributed by atoms with Crippen LogP contribution in [0.5, 0.6) is 5.75 Å². The molecule has 0 radical (unpaired) electrons. The molecule has 1 aliphatic rings. The molecule has 0 spiro atoms. The van der Waals surface area contributed by atoms with Gasteiger partial charge in [0.15, 0.2) is 0 Å². The molecule has 0 aromatic heterocycles. The summed E-state index contributed by atoms with van der Waals surface area (Å²) in [5, 5.41) is 2.87. The molecule has 3 rings (SSSR count). The Kier molecular flexibility index (Phi) is 6.26. The predicted molar refractivity (Wildman–Crippen MR) is 104 cm³/mol. The molecule has 0 saturated heterocycles. The SMILES string of the molecule is COc1ccc(CC(=O)NNC(=O)CCC2Cc3ccccc3NC2=O)cc1. The van der Waals surface area contributed by atoms with Gasteiger partial charge in [0.25, 0.3) is 0 Å². The number of para-hydroxylation sites is 1. The monoisotopic (exact) mass is 381 g/mol. The second-order valence-electron chi connectivity index (χ2n) is 6.71. The van der Waals surface area contributed by atoms with Crippen LogP contribution in [-0.2, 0) is 27.2 Å². The van der Waals surface area contributed by atoms with Crippen molar-refractivity contribution in [1.82, 2.24) is 10.9 Å². The molecule has 7 nitrogen and oxygen atoms in total. The van der Waals surface area contributed by atoms with Gasteiger partial charge in [0.2, 0.25) is 17.7 Å². The summed E-state index contributed by atoms with van der Waals surface area (Å²) in [5.74, 6) is -0.255. The lowest BCUT2D eigenvalue weighted by molar-refractivity contribution is -0.129. The van der Waals surface area contributed by atoms with Gasteiger partial charge in [-0.25, -0.2) is 0 Å². The lowest BCUT2D eigenvalue weighted by atomic mass is 9.89. The zero-order chi connectivity index (χ0) is 19.9. The first-order chi connectivity index (χ1) is 13.5. The van der Waals surface area contributed by atoms with E-state index in [2.05, 4.69) is 16.2 Å². The fraction of sp³-hybridized carbons (Fsp3) is 0.286. The Labute approximate surface area is 163 Å². The number of carbonyl (C=O) groups is 3. The van der Waals surface area contributed by atoms with E-state index in [0.29, 0.717) is 18.6 Å². The van der Waals surface area contributed by atoms with Crippen molar-refractivity contribution in [3.05, 3.63) is 59.7 Å². The number of fused-ring (bicyclic) bond motifs is 1. The summed E-state index contributed by atoms with van der Waals surface area (Å²) in [6.07, 6.45) is 1.33. The maximum atomic E-state index is 12.2. The summed E-state index contributed by atoms with van der Waals surface area (Å²) in [4.78, 5) is 36.1. The third-order valence-electron chi connectivity index (χ3n) is 4.70. The number of methoxy groups -OCH3 is 1. The fourth-order valence-corrected chi connectivity index (χ4v) is 3.13. The quantitative estimate of drug-likeness (QED) is 0.667. The lowest BCUT2D eigenvalue weighted by Crippen LogP contribution is -2.42. The van der Waals surface area contributed by atoms with Gasteiger partial charge in [0.05, 0.1) is 13.5 Å². The van der Waals surface area contributed by atoms with Gasteiger partial charge in [-0.2, -0.15) is 0 Å². The second kappa shape index (κ2) is 9.03. The van der Waals surface area contributed by atoms with Crippen molar-refractivity contribution in [3.63, 3.8) is 0 Å². The Hall–Kier alpha value is -3.35. The van der Waals surface area contributed by atoms with Crippen LogP contribution in [0.25, 0.3) is 0 Å². The van der Waals surface area contributed by atoms with Crippen LogP contribution in [0.4, 0.5) is 5.69 Å². The van der Waals surface area contributed by atoms with Crippen molar-refractivity contribution in [2.24, 2.45) is 5.92 Å². The van der Waals surface area contributed by atoms with Gasteiger partial charge in [-0.05, 0) is 42.2 Å². The Bertz CT molecular complexity index is 864. The molecule has 2 aromatic carbocycles. The zero-order valence-corrected chi connectivity index (χ0v) is 15.7. The van der Waals surface area contributed by atoms with E-state index in [1.165, 1.54) is 0 Å². The third kappa shape index (κ3) is 5.09. The lowest BCUT2D eigenvalue weighted by Gasteiger charge is -2.24. The van der Waals surface area contributed by atoms with Crippen LogP contribution in [0.2, 0.25) is 0 Å². The normalized spacial score (nSPS) is 15.2. The van der Waals surface area contributed by atoms with Gasteiger partial charge in [-0.1, -0.05) is 30.3 Å². The summed E-state index contributed by atoms with van der Waals surface area (Å²) in [7, 11) is 1.58. The molecule has 1 atom stereocenters. The van der Waals surface area contributed by atoms with E-state index < -0.39 is 0 Å². The van der Waals surface area contributed by atoms with Crippen molar-refractivity contribution < 1.29 is 19.1 Å². The fourth-order valence-electron chi connectivity index (χ4n) is 3.13. The topological polar surface area (TPSA) is 96.5 Å². The van der Waals surface area contributed by atoms with Gasteiger partial charge >= 0.3 is 0 Å². The number of hydrazine groups is 1. The van der Waals surface area contributed by atoms with Crippen LogP contribution in [-0.4, -0.2) is 24.8 Å². The number of amides is 3. The molecule has 0 bridgehead atoms. The number of hydrogen-bond acceptors (Lipinski definition) is 4. The number of hydrogen-bond donors (Lipinski definition) is 3. The third-order valence-corrected chi connectivity index (χ3v) is 4.70. The molecule has 3 amide bonds. The van der Waals surface area contributed by atoms with Gasteiger partial charge in [0.1, 0.15) is 5.75 Å². The molecule has 0 fully saturated rings. The maximum Gasteiger partial charge on any atom is 0.242 e. The summed E-state index contributed by atoms with van der Waals surface area (Å²) in [6, 6.07) is 14.8. The molecular weight excluding hydrogens is 358 g/mol. The van der Waals surface area contributed by atoms with E-state index in [0.717, 1.165) is 16.8 Å². The number of nitrogens with one attached hydrogen (secondary N) is 3. The highest BCUT2D eigenvalue weighted by atomic mass is 16.5. The molecular formula is C21H23N3O4. The zero-order valence-electron chi connectivity index (χ0n) is 15.7. The number of rotatable bonds is 6. The van der Waals surface area contributed by atoms with Crippen LogP contribution in [0.1, 0.15) is 24.0 Å². The van der Waals surface area contributed by atoms with E-state index in [1.807, 2.05) is 24.3 Å². The number of benzene rings is 2. The van der Waals surface area contributed by atoms with Crippen molar-refractivity contribution >= 4 is 23.4 Å². The Morgan fingerprint density at radius 2 is 1.79 bits per heavy atom. The van der Waals surface area contributed by atoms with E-state index in [1.54, 1.807) is 31.4 Å². The van der Waals surface area contributed by atoms with E-state index in [4.69, 9.17) is 4.74 Å². The molecule has 28 heavy (non-hydrogen) atoms. The first-order valence-electron chi connectivity index (χ1n) is 9.14. The van der Waals surface area contributed by atoms with Crippen LogP contribution in [0, 0.1) is 5.92 Å². The largest absolute Gasteiger partial charge is 0.497 e. The summed E-state index contributed by atoms with van der Waals surface area (Å²) in [6.45, 7) is 0. The van der Waals surface area contributed by atoms with Crippen LogP contribution < -0.4 is 20.9 Å². The van der Waals surface area contributed by atoms with Crippen LogP contribution in [0.3, 0.4) is 0 Å². The molecule has 7 heteroatoms. The van der Waals surface area contributed by atoms with E-state index in [9.17, 15) is 14.4 Å². The summed E-state index contributed by atoms with van der Waals surface area (Å²) >= 11 is 0. The van der Waals surface area contributed by atoms with Crippen molar-refractivity contribution in [1.29, 1.82) is 0 Å². The highest BCUT2D eigenvalue weighted by Crippen LogP contribution is 2.27. The van der Waals surface area contributed by atoms with Crippen LogP contribution >= 0.6 is 0 Å². The highest BCUT2D eigenvalue weighted by Gasteiger charge is 2.26. The molecule has 0 aliphatic carbocycles. The minimum Gasteiger partial charge on any atom is -0.497 e. The molecule has 1 unspecified atom stereocenters. The van der Waals surface area contributed by atoms with Gasteiger partial charge in [-0.15, -0.1) is 0 Å². The molecule has 1 aliphatic heterocycles. The second-order valence-corrected chi connectivity index (χ2v) is 6.71. The Morgan fingerprint density at radius 1 is 1.07 bits per heavy atom. The molecule has 2 aromatic rings. The molecule has 146 valence electrons.